The van der Waals surface area contributed by atoms with E-state index in [4.69, 9.17) is 0 Å². The van der Waals surface area contributed by atoms with E-state index in [1.807, 2.05) is 11.8 Å². The standard InChI is InChI=1S/C9H16N2S/c1-3-8(10-4-1)7-9-11-5-2-6-12-9/h8,10H,1-7H2. The minimum Gasteiger partial charge on any atom is -0.314 e. The molecule has 0 aromatic heterocycles. The molecular formula is C9H16N2S. The fraction of sp³-hybridized carbons (Fsp3) is 0.889. The van der Waals surface area contributed by atoms with Gasteiger partial charge in [0.05, 0.1) is 5.04 Å². The summed E-state index contributed by atoms with van der Waals surface area (Å²) in [7, 11) is 0. The van der Waals surface area contributed by atoms with E-state index in [1.165, 1.54) is 43.0 Å². The van der Waals surface area contributed by atoms with Crippen molar-refractivity contribution in [3.05, 3.63) is 0 Å². The molecule has 68 valence electrons. The molecule has 0 aliphatic carbocycles. The normalized spacial score (nSPS) is 30.3. The average molecular weight is 184 g/mol. The molecule has 0 amide bonds. The molecule has 0 bridgehead atoms. The highest BCUT2D eigenvalue weighted by molar-refractivity contribution is 8.14. The third-order valence-electron chi connectivity index (χ3n) is 2.44. The quantitative estimate of drug-likeness (QED) is 0.706. The number of nitrogens with one attached hydrogen (secondary N) is 1. The summed E-state index contributed by atoms with van der Waals surface area (Å²) in [5, 5.41) is 4.90. The van der Waals surface area contributed by atoms with Gasteiger partial charge in [-0.3, -0.25) is 4.99 Å². The lowest BCUT2D eigenvalue weighted by molar-refractivity contribution is 0.630. The zero-order valence-corrected chi connectivity index (χ0v) is 8.20. The maximum Gasteiger partial charge on any atom is 0.0691 e. The maximum absolute atomic E-state index is 4.53. The Kier molecular flexibility index (Phi) is 3.06. The average Bonchev–Trinajstić information content (AvgIpc) is 2.59. The van der Waals surface area contributed by atoms with Crippen molar-refractivity contribution in [3.8, 4) is 0 Å². The van der Waals surface area contributed by atoms with Crippen LogP contribution in [0.15, 0.2) is 4.99 Å². The van der Waals surface area contributed by atoms with E-state index in [0.717, 1.165) is 12.6 Å². The van der Waals surface area contributed by atoms with Crippen LogP contribution in [0.25, 0.3) is 0 Å². The highest BCUT2D eigenvalue weighted by Crippen LogP contribution is 2.19. The molecule has 0 spiro atoms. The Hall–Kier alpha value is -0.0200. The van der Waals surface area contributed by atoms with Gasteiger partial charge in [0.15, 0.2) is 0 Å². The van der Waals surface area contributed by atoms with Gasteiger partial charge in [-0.25, -0.2) is 0 Å². The maximum atomic E-state index is 4.53. The molecule has 0 saturated carbocycles. The lowest BCUT2D eigenvalue weighted by Gasteiger charge is -2.15. The van der Waals surface area contributed by atoms with Crippen LogP contribution in [0, 0.1) is 0 Å². The molecule has 1 N–H and O–H groups in total. The molecule has 2 nitrogen and oxygen atoms in total. The fourth-order valence-electron chi connectivity index (χ4n) is 1.77. The Morgan fingerprint density at radius 2 is 2.50 bits per heavy atom. The molecular weight excluding hydrogens is 168 g/mol. The van der Waals surface area contributed by atoms with E-state index >= 15 is 0 Å². The van der Waals surface area contributed by atoms with Crippen LogP contribution in [0.2, 0.25) is 0 Å². The molecule has 0 aromatic rings. The molecule has 2 aliphatic rings. The molecule has 1 saturated heterocycles. The Bertz CT molecular complexity index is 173. The highest BCUT2D eigenvalue weighted by atomic mass is 32.2. The van der Waals surface area contributed by atoms with Crippen molar-refractivity contribution in [2.24, 2.45) is 4.99 Å². The second kappa shape index (κ2) is 4.28. The van der Waals surface area contributed by atoms with Crippen LogP contribution in [-0.2, 0) is 0 Å². The SMILES string of the molecule is C1CN=C(CC2CCCN2)SC1. The smallest absolute Gasteiger partial charge is 0.0691 e. The van der Waals surface area contributed by atoms with Crippen LogP contribution in [-0.4, -0.2) is 29.9 Å². The first-order valence-corrected chi connectivity index (χ1v) is 5.83. The fourth-order valence-corrected chi connectivity index (χ4v) is 2.78. The van der Waals surface area contributed by atoms with Crippen molar-refractivity contribution in [2.75, 3.05) is 18.8 Å². The molecule has 1 unspecified atom stereocenters. The molecule has 0 aromatic carbocycles. The van der Waals surface area contributed by atoms with Crippen molar-refractivity contribution in [2.45, 2.75) is 31.7 Å². The van der Waals surface area contributed by atoms with Gasteiger partial charge in [0.2, 0.25) is 0 Å². The molecule has 2 rings (SSSR count). The van der Waals surface area contributed by atoms with Crippen LogP contribution < -0.4 is 5.32 Å². The second-order valence-electron chi connectivity index (χ2n) is 3.47. The van der Waals surface area contributed by atoms with E-state index in [9.17, 15) is 0 Å². The first-order chi connectivity index (χ1) is 5.95. The second-order valence-corrected chi connectivity index (χ2v) is 4.64. The summed E-state index contributed by atoms with van der Waals surface area (Å²) in [6.07, 6.45) is 5.15. The van der Waals surface area contributed by atoms with Gasteiger partial charge in [-0.1, -0.05) is 0 Å². The molecule has 1 atom stereocenters. The molecule has 2 aliphatic heterocycles. The van der Waals surface area contributed by atoms with Crippen LogP contribution in [0.3, 0.4) is 0 Å². The van der Waals surface area contributed by atoms with Gasteiger partial charge in [-0.15, -0.1) is 11.8 Å². The van der Waals surface area contributed by atoms with Gasteiger partial charge < -0.3 is 5.32 Å². The lowest BCUT2D eigenvalue weighted by atomic mass is 10.2. The topological polar surface area (TPSA) is 24.4 Å². The number of rotatable bonds is 2. The summed E-state index contributed by atoms with van der Waals surface area (Å²) in [6, 6.07) is 0.731. The van der Waals surface area contributed by atoms with Crippen LogP contribution in [0.1, 0.15) is 25.7 Å². The molecule has 1 fully saturated rings. The van der Waals surface area contributed by atoms with E-state index in [0.29, 0.717) is 0 Å². The summed E-state index contributed by atoms with van der Waals surface area (Å²) in [4.78, 5) is 4.53. The summed E-state index contributed by atoms with van der Waals surface area (Å²) in [6.45, 7) is 2.28. The lowest BCUT2D eigenvalue weighted by Crippen LogP contribution is -2.24. The number of aliphatic imine (C=N–C) groups is 1. The van der Waals surface area contributed by atoms with E-state index in [2.05, 4.69) is 10.3 Å². The minimum absolute atomic E-state index is 0.731. The van der Waals surface area contributed by atoms with Crippen LogP contribution in [0.5, 0.6) is 0 Å². The third-order valence-corrected chi connectivity index (χ3v) is 3.56. The number of nitrogens with zero attached hydrogens (tertiary/aromatic N) is 1. The Balaban J connectivity index is 1.80. The monoisotopic (exact) mass is 184 g/mol. The van der Waals surface area contributed by atoms with Crippen molar-refractivity contribution < 1.29 is 0 Å². The predicted molar refractivity (Wildman–Crippen MR) is 55.0 cm³/mol. The number of thioether (sulfide) groups is 1. The molecule has 3 heteroatoms. The van der Waals surface area contributed by atoms with E-state index in [-0.39, 0.29) is 0 Å². The first-order valence-electron chi connectivity index (χ1n) is 4.84. The van der Waals surface area contributed by atoms with Gasteiger partial charge in [-0.2, -0.15) is 0 Å². The molecule has 12 heavy (non-hydrogen) atoms. The molecule has 0 radical (unpaired) electrons. The Morgan fingerprint density at radius 1 is 1.50 bits per heavy atom. The minimum atomic E-state index is 0.731. The number of hydrogen-bond donors (Lipinski definition) is 1. The van der Waals surface area contributed by atoms with Crippen molar-refractivity contribution in [1.82, 2.24) is 5.32 Å². The van der Waals surface area contributed by atoms with Gasteiger partial charge in [-0.05, 0) is 25.8 Å². The summed E-state index contributed by atoms with van der Waals surface area (Å²) in [5.74, 6) is 1.28. The van der Waals surface area contributed by atoms with Crippen molar-refractivity contribution >= 4 is 16.8 Å². The van der Waals surface area contributed by atoms with Gasteiger partial charge in [0, 0.05) is 24.8 Å². The van der Waals surface area contributed by atoms with Crippen LogP contribution in [0.4, 0.5) is 0 Å². The zero-order valence-electron chi connectivity index (χ0n) is 7.38. The Labute approximate surface area is 78.2 Å². The number of hydrogen-bond acceptors (Lipinski definition) is 3. The molecule has 2 heterocycles. The predicted octanol–water partition coefficient (Wildman–Crippen LogP) is 1.66. The van der Waals surface area contributed by atoms with E-state index < -0.39 is 0 Å². The summed E-state index contributed by atoms with van der Waals surface area (Å²) in [5.41, 5.74) is 0. The Morgan fingerprint density at radius 3 is 3.17 bits per heavy atom. The van der Waals surface area contributed by atoms with Crippen LogP contribution >= 0.6 is 11.8 Å². The summed E-state index contributed by atoms with van der Waals surface area (Å²) >= 11 is 1.96. The van der Waals surface area contributed by atoms with Crippen molar-refractivity contribution in [3.63, 3.8) is 0 Å². The highest BCUT2D eigenvalue weighted by Gasteiger charge is 2.17. The first kappa shape index (κ1) is 8.57. The van der Waals surface area contributed by atoms with Crippen molar-refractivity contribution in [1.29, 1.82) is 0 Å². The third kappa shape index (κ3) is 2.23. The largest absolute Gasteiger partial charge is 0.314 e. The zero-order chi connectivity index (χ0) is 8.23. The van der Waals surface area contributed by atoms with Gasteiger partial charge >= 0.3 is 0 Å². The summed E-state index contributed by atoms with van der Waals surface area (Å²) < 4.78 is 0. The van der Waals surface area contributed by atoms with Gasteiger partial charge in [0.25, 0.3) is 0 Å². The van der Waals surface area contributed by atoms with Gasteiger partial charge in [0.1, 0.15) is 0 Å². The van der Waals surface area contributed by atoms with E-state index in [1.54, 1.807) is 0 Å².